The number of halogens is 1. The Morgan fingerprint density at radius 3 is 2.78 bits per heavy atom. The Bertz CT molecular complexity index is 482. The first-order valence-corrected chi connectivity index (χ1v) is 9.82. The second kappa shape index (κ2) is 11.2. The summed E-state index contributed by atoms with van der Waals surface area (Å²) in [7, 11) is -1.12. The molecule has 1 heterocycles. The van der Waals surface area contributed by atoms with Crippen molar-refractivity contribution in [1.29, 1.82) is 0 Å². The molecule has 1 atom stereocenters. The van der Waals surface area contributed by atoms with Crippen LogP contribution in [0.2, 0.25) is 0 Å². The molecule has 1 N–H and O–H groups in total. The van der Waals surface area contributed by atoms with E-state index in [1.807, 2.05) is 20.0 Å². The van der Waals surface area contributed by atoms with Crippen LogP contribution >= 0.6 is 24.0 Å². The van der Waals surface area contributed by atoms with Gasteiger partial charge in [0.05, 0.1) is 12.8 Å². The smallest absolute Gasteiger partial charge is 0.211 e. The van der Waals surface area contributed by atoms with Crippen LogP contribution < -0.4 is 5.32 Å². The van der Waals surface area contributed by atoms with Gasteiger partial charge < -0.3 is 10.2 Å². The zero-order valence-corrected chi connectivity index (χ0v) is 17.6. The van der Waals surface area contributed by atoms with Crippen molar-refractivity contribution in [3.8, 4) is 0 Å². The Balaban J connectivity index is 0.00000484. The van der Waals surface area contributed by atoms with Crippen LogP contribution in [0, 0.1) is 0 Å². The molecule has 136 valence electrons. The average molecular weight is 458 g/mol. The summed E-state index contributed by atoms with van der Waals surface area (Å²) in [5.41, 5.74) is 0. The second-order valence-electron chi connectivity index (χ2n) is 5.72. The molecule has 8 heteroatoms. The largest absolute Gasteiger partial charge is 0.357 e. The summed E-state index contributed by atoms with van der Waals surface area (Å²) in [5.74, 6) is 0.840. The fourth-order valence-electron chi connectivity index (χ4n) is 2.67. The zero-order valence-electron chi connectivity index (χ0n) is 14.5. The lowest BCUT2D eigenvalue weighted by molar-refractivity contribution is 0.393. The molecule has 0 unspecified atom stereocenters. The van der Waals surface area contributed by atoms with E-state index in [-0.39, 0.29) is 30.0 Å². The van der Waals surface area contributed by atoms with E-state index in [9.17, 15) is 8.42 Å². The van der Waals surface area contributed by atoms with Gasteiger partial charge in [0, 0.05) is 32.7 Å². The zero-order chi connectivity index (χ0) is 16.6. The maximum atomic E-state index is 11.8. The highest BCUT2D eigenvalue weighted by Gasteiger charge is 2.31. The third-order valence-corrected chi connectivity index (χ3v) is 5.13. The number of allylic oxidation sites excluding steroid dienone is 1. The molecule has 0 aromatic heterocycles. The fraction of sp³-hybridized carbons (Fsp3) is 0.800. The van der Waals surface area contributed by atoms with E-state index in [4.69, 9.17) is 0 Å². The van der Waals surface area contributed by atoms with Crippen molar-refractivity contribution in [3.63, 3.8) is 0 Å². The third kappa shape index (κ3) is 7.84. The molecule has 1 rings (SSSR count). The van der Waals surface area contributed by atoms with Gasteiger partial charge in [-0.05, 0) is 32.6 Å². The van der Waals surface area contributed by atoms with Crippen LogP contribution in [0.15, 0.2) is 17.6 Å². The van der Waals surface area contributed by atoms with Crippen LogP contribution in [-0.2, 0) is 10.0 Å². The molecule has 1 fully saturated rings. The summed E-state index contributed by atoms with van der Waals surface area (Å²) in [6, 6.07) is -0.00905. The Kier molecular flexibility index (Phi) is 11.1. The Morgan fingerprint density at radius 1 is 1.52 bits per heavy atom. The second-order valence-corrected chi connectivity index (χ2v) is 7.65. The van der Waals surface area contributed by atoms with Crippen LogP contribution in [-0.4, -0.2) is 69.1 Å². The van der Waals surface area contributed by atoms with Gasteiger partial charge in [-0.1, -0.05) is 6.08 Å². The minimum atomic E-state index is -3.13. The van der Waals surface area contributed by atoms with Gasteiger partial charge in [-0.2, -0.15) is 4.31 Å². The molecule has 0 saturated carbocycles. The number of hydrogen-bond acceptors (Lipinski definition) is 3. The number of nitrogens with one attached hydrogen (secondary N) is 1. The average Bonchev–Trinajstić information content (AvgIpc) is 2.92. The van der Waals surface area contributed by atoms with Crippen LogP contribution in [0.4, 0.5) is 0 Å². The monoisotopic (exact) mass is 458 g/mol. The predicted octanol–water partition coefficient (Wildman–Crippen LogP) is 1.89. The van der Waals surface area contributed by atoms with Gasteiger partial charge in [-0.3, -0.25) is 4.99 Å². The molecule has 23 heavy (non-hydrogen) atoms. The van der Waals surface area contributed by atoms with E-state index in [0.29, 0.717) is 13.1 Å². The van der Waals surface area contributed by atoms with Gasteiger partial charge in [0.15, 0.2) is 5.96 Å². The number of guanidine groups is 1. The van der Waals surface area contributed by atoms with Crippen LogP contribution in [0.5, 0.6) is 0 Å². The molecule has 0 aromatic rings. The van der Waals surface area contributed by atoms with Crippen molar-refractivity contribution >= 4 is 40.0 Å². The topological polar surface area (TPSA) is 65.0 Å². The molecular formula is C15H31IN4O2S. The standard InChI is InChI=1S/C15H30N4O2S.HI/c1-5-7-8-11-18(3)15(16-6-2)17-13-14-10-9-12-19(14)22(4,20)21;/h5,14H,1,6-13H2,2-4H3,(H,16,17);1H/t14-;/m1./s1. The maximum Gasteiger partial charge on any atom is 0.211 e. The summed E-state index contributed by atoms with van der Waals surface area (Å²) in [4.78, 5) is 6.73. The molecule has 6 nitrogen and oxygen atoms in total. The quantitative estimate of drug-likeness (QED) is 0.198. The van der Waals surface area contributed by atoms with Gasteiger partial charge in [-0.25, -0.2) is 8.42 Å². The molecular weight excluding hydrogens is 427 g/mol. The summed E-state index contributed by atoms with van der Waals surface area (Å²) < 4.78 is 25.1. The SMILES string of the molecule is C=CCCCN(C)C(=NC[C@H]1CCCN1S(C)(=O)=O)NCC.I. The summed E-state index contributed by atoms with van der Waals surface area (Å²) >= 11 is 0. The minimum Gasteiger partial charge on any atom is -0.357 e. The number of sulfonamides is 1. The van der Waals surface area contributed by atoms with E-state index in [1.165, 1.54) is 6.26 Å². The molecule has 0 aliphatic carbocycles. The number of rotatable bonds is 8. The summed E-state index contributed by atoms with van der Waals surface area (Å²) in [5, 5.41) is 3.27. The van der Waals surface area contributed by atoms with Crippen molar-refractivity contribution in [2.24, 2.45) is 4.99 Å². The highest BCUT2D eigenvalue weighted by atomic mass is 127. The van der Waals surface area contributed by atoms with Gasteiger partial charge in [0.25, 0.3) is 0 Å². The highest BCUT2D eigenvalue weighted by molar-refractivity contribution is 14.0. The van der Waals surface area contributed by atoms with Gasteiger partial charge in [-0.15, -0.1) is 30.6 Å². The van der Waals surface area contributed by atoms with Crippen molar-refractivity contribution in [2.45, 2.75) is 38.6 Å². The van der Waals surface area contributed by atoms with Gasteiger partial charge in [0.2, 0.25) is 10.0 Å². The van der Waals surface area contributed by atoms with Gasteiger partial charge >= 0.3 is 0 Å². The lowest BCUT2D eigenvalue weighted by Gasteiger charge is -2.24. The minimum absolute atomic E-state index is 0. The van der Waals surface area contributed by atoms with Crippen LogP contribution in [0.25, 0.3) is 0 Å². The maximum absolute atomic E-state index is 11.8. The summed E-state index contributed by atoms with van der Waals surface area (Å²) in [6.07, 6.45) is 7.01. The van der Waals surface area contributed by atoms with Gasteiger partial charge in [0.1, 0.15) is 0 Å². The molecule has 1 aliphatic rings. The highest BCUT2D eigenvalue weighted by Crippen LogP contribution is 2.20. The Morgan fingerprint density at radius 2 is 2.22 bits per heavy atom. The molecule has 1 aliphatic heterocycles. The van der Waals surface area contributed by atoms with E-state index < -0.39 is 10.0 Å². The molecule has 0 radical (unpaired) electrons. The number of aliphatic imine (C=N–C) groups is 1. The number of unbranched alkanes of at least 4 members (excludes halogenated alkanes) is 1. The van der Waals surface area contributed by atoms with Crippen molar-refractivity contribution < 1.29 is 8.42 Å². The van der Waals surface area contributed by atoms with Crippen LogP contribution in [0.1, 0.15) is 32.6 Å². The first-order valence-electron chi connectivity index (χ1n) is 7.97. The Labute approximate surface area is 158 Å². The normalized spacial score (nSPS) is 19.3. The first kappa shape index (κ1) is 22.6. The van der Waals surface area contributed by atoms with E-state index >= 15 is 0 Å². The van der Waals surface area contributed by atoms with E-state index in [2.05, 4.69) is 21.8 Å². The van der Waals surface area contributed by atoms with Crippen LogP contribution in [0.3, 0.4) is 0 Å². The van der Waals surface area contributed by atoms with E-state index in [1.54, 1.807) is 4.31 Å². The molecule has 1 saturated heterocycles. The molecule has 0 aromatic carbocycles. The number of nitrogens with zero attached hydrogens (tertiary/aromatic N) is 3. The first-order chi connectivity index (χ1) is 10.4. The number of hydrogen-bond donors (Lipinski definition) is 1. The molecule has 0 bridgehead atoms. The molecule has 0 amide bonds. The lowest BCUT2D eigenvalue weighted by Crippen LogP contribution is -2.41. The lowest BCUT2D eigenvalue weighted by atomic mass is 10.2. The summed E-state index contributed by atoms with van der Waals surface area (Å²) in [6.45, 7) is 8.59. The van der Waals surface area contributed by atoms with E-state index in [0.717, 1.165) is 44.7 Å². The van der Waals surface area contributed by atoms with Crippen molar-refractivity contribution in [3.05, 3.63) is 12.7 Å². The van der Waals surface area contributed by atoms with Crippen molar-refractivity contribution in [2.75, 3.05) is 39.5 Å². The molecule has 0 spiro atoms. The fourth-order valence-corrected chi connectivity index (χ4v) is 3.84. The predicted molar refractivity (Wildman–Crippen MR) is 108 cm³/mol. The van der Waals surface area contributed by atoms with Crippen molar-refractivity contribution in [1.82, 2.24) is 14.5 Å². The third-order valence-electron chi connectivity index (χ3n) is 3.80. The Hall–Kier alpha value is -0.350.